The number of hydrogen-bond acceptors (Lipinski definition) is 4. The quantitative estimate of drug-likeness (QED) is 0.439. The van der Waals surface area contributed by atoms with Crippen LogP contribution >= 0.6 is 37.2 Å². The molecule has 0 radical (unpaired) electrons. The molecule has 7 heteroatoms. The molecule has 1 fully saturated rings. The molecule has 1 aromatic rings. The molecular weight excluding hydrogens is 417 g/mol. The number of benzene rings is 1. The summed E-state index contributed by atoms with van der Waals surface area (Å²) in [7, 11) is 0. The largest absolute Gasteiger partial charge is 0.494 e. The van der Waals surface area contributed by atoms with E-state index in [0.717, 1.165) is 25.3 Å². The van der Waals surface area contributed by atoms with Crippen LogP contribution in [0.4, 0.5) is 0 Å². The fourth-order valence-corrected chi connectivity index (χ4v) is 3.40. The fraction of sp³-hybridized carbons (Fsp3) is 0.714. The van der Waals surface area contributed by atoms with Crippen molar-refractivity contribution >= 4 is 37.2 Å². The van der Waals surface area contributed by atoms with E-state index in [2.05, 4.69) is 9.80 Å². The Hall–Kier alpha value is -0.230. The smallest absolute Gasteiger partial charge is 0.119 e. The van der Waals surface area contributed by atoms with Crippen molar-refractivity contribution in [2.75, 3.05) is 52.4 Å². The van der Waals surface area contributed by atoms with Crippen LogP contribution in [0, 0.1) is 0 Å². The second-order valence-electron chi connectivity index (χ2n) is 7.11. The second kappa shape index (κ2) is 20.1. The molecule has 2 rings (SSSR count). The zero-order chi connectivity index (χ0) is 17.6. The topological polar surface area (TPSA) is 41.7 Å². The van der Waals surface area contributed by atoms with Crippen molar-refractivity contribution in [2.45, 2.75) is 44.9 Å². The van der Waals surface area contributed by atoms with E-state index >= 15 is 0 Å². The van der Waals surface area contributed by atoms with Crippen molar-refractivity contribution in [1.82, 2.24) is 9.80 Å². The van der Waals surface area contributed by atoms with Gasteiger partial charge in [-0.05, 0) is 51.0 Å². The summed E-state index contributed by atoms with van der Waals surface area (Å²) in [4.78, 5) is 5.19. The van der Waals surface area contributed by atoms with E-state index in [9.17, 15) is 0 Å². The molecule has 0 unspecified atom stereocenters. The van der Waals surface area contributed by atoms with Gasteiger partial charge in [-0.25, -0.2) is 0 Å². The summed E-state index contributed by atoms with van der Waals surface area (Å²) in [6.07, 6.45) is 9.01. The molecule has 0 atom stereocenters. The summed E-state index contributed by atoms with van der Waals surface area (Å²) < 4.78 is 5.73. The lowest BCUT2D eigenvalue weighted by Crippen LogP contribution is -2.46. The third kappa shape index (κ3) is 13.9. The summed E-state index contributed by atoms with van der Waals surface area (Å²) >= 11 is 0. The van der Waals surface area contributed by atoms with Crippen molar-refractivity contribution in [3.63, 3.8) is 0 Å². The first-order chi connectivity index (χ1) is 12.4. The van der Waals surface area contributed by atoms with Crippen LogP contribution in [0.5, 0.6) is 5.75 Å². The number of piperazine rings is 1. The second-order valence-corrected chi connectivity index (χ2v) is 7.11. The summed E-state index contributed by atoms with van der Waals surface area (Å²) in [5, 5.41) is 0. The average Bonchev–Trinajstić information content (AvgIpc) is 2.67. The highest BCUT2D eigenvalue weighted by atomic mass is 35.5. The van der Waals surface area contributed by atoms with E-state index in [1.54, 1.807) is 0 Å². The number of nitrogens with two attached hydrogens (primary N) is 1. The van der Waals surface area contributed by atoms with Crippen molar-refractivity contribution in [3.05, 3.63) is 30.3 Å². The van der Waals surface area contributed by atoms with Crippen LogP contribution in [0.15, 0.2) is 30.3 Å². The standard InChI is InChI=1S/C21H37N3O.3ClH/c22-13-10-15-24-18-16-23(17-19-24)14-8-3-1-2-4-9-20-25-21-11-6-5-7-12-21;;;/h5-7,11-12H,1-4,8-10,13-20,22H2;3*1H. The van der Waals surface area contributed by atoms with Crippen molar-refractivity contribution < 1.29 is 4.74 Å². The van der Waals surface area contributed by atoms with E-state index in [-0.39, 0.29) is 37.2 Å². The molecule has 0 saturated carbocycles. The highest BCUT2D eigenvalue weighted by Crippen LogP contribution is 2.11. The number of rotatable bonds is 13. The van der Waals surface area contributed by atoms with Gasteiger partial charge in [0.25, 0.3) is 0 Å². The van der Waals surface area contributed by atoms with E-state index < -0.39 is 0 Å². The summed E-state index contributed by atoms with van der Waals surface area (Å²) in [6.45, 7) is 9.04. The fourth-order valence-electron chi connectivity index (χ4n) is 3.40. The number of ether oxygens (including phenoxy) is 1. The number of hydrogen-bond donors (Lipinski definition) is 1. The maximum absolute atomic E-state index is 5.73. The maximum atomic E-state index is 5.73. The van der Waals surface area contributed by atoms with Crippen LogP contribution in [0.25, 0.3) is 0 Å². The Kier molecular flexibility index (Phi) is 21.5. The zero-order valence-electron chi connectivity index (χ0n) is 17.1. The first kappa shape index (κ1) is 30.0. The van der Waals surface area contributed by atoms with Gasteiger partial charge in [0, 0.05) is 26.2 Å². The highest BCUT2D eigenvalue weighted by Gasteiger charge is 2.15. The minimum Gasteiger partial charge on any atom is -0.494 e. The van der Waals surface area contributed by atoms with Crippen LogP contribution in [-0.4, -0.2) is 62.2 Å². The number of nitrogens with zero attached hydrogens (tertiary/aromatic N) is 2. The lowest BCUT2D eigenvalue weighted by Gasteiger charge is -2.34. The molecule has 4 nitrogen and oxygen atoms in total. The zero-order valence-corrected chi connectivity index (χ0v) is 19.5. The van der Waals surface area contributed by atoms with Crippen molar-refractivity contribution in [1.29, 1.82) is 0 Å². The third-order valence-corrected chi connectivity index (χ3v) is 5.02. The lowest BCUT2D eigenvalue weighted by molar-refractivity contribution is 0.130. The summed E-state index contributed by atoms with van der Waals surface area (Å²) in [5.41, 5.74) is 5.59. The van der Waals surface area contributed by atoms with Gasteiger partial charge in [0.15, 0.2) is 0 Å². The Labute approximate surface area is 190 Å². The molecule has 0 spiro atoms. The number of para-hydroxylation sites is 1. The van der Waals surface area contributed by atoms with Crippen LogP contribution in [0.3, 0.4) is 0 Å². The SMILES string of the molecule is Cl.Cl.Cl.NCCCN1CCN(CCCCCCCCOc2ccccc2)CC1. The Morgan fingerprint density at radius 3 is 1.75 bits per heavy atom. The molecule has 28 heavy (non-hydrogen) atoms. The molecule has 0 bridgehead atoms. The van der Waals surface area contributed by atoms with Crippen molar-refractivity contribution in [3.8, 4) is 5.75 Å². The summed E-state index contributed by atoms with van der Waals surface area (Å²) in [5.74, 6) is 0.991. The maximum Gasteiger partial charge on any atom is 0.119 e. The first-order valence-corrected chi connectivity index (χ1v) is 10.2. The van der Waals surface area contributed by atoms with Crippen LogP contribution in [0.1, 0.15) is 44.9 Å². The van der Waals surface area contributed by atoms with Gasteiger partial charge in [-0.15, -0.1) is 37.2 Å². The molecular formula is C21H40Cl3N3O. The summed E-state index contributed by atoms with van der Waals surface area (Å²) in [6, 6.07) is 10.1. The molecule has 1 saturated heterocycles. The van der Waals surface area contributed by atoms with Crippen LogP contribution in [0.2, 0.25) is 0 Å². The Bertz CT molecular complexity index is 432. The number of unbranched alkanes of at least 4 members (excludes halogenated alkanes) is 5. The van der Waals surface area contributed by atoms with Gasteiger partial charge >= 0.3 is 0 Å². The van der Waals surface area contributed by atoms with Gasteiger partial charge in [0.1, 0.15) is 5.75 Å². The van der Waals surface area contributed by atoms with Crippen LogP contribution in [-0.2, 0) is 0 Å². The molecule has 166 valence electrons. The van der Waals surface area contributed by atoms with Gasteiger partial charge in [-0.1, -0.05) is 43.9 Å². The Morgan fingerprint density at radius 1 is 0.679 bits per heavy atom. The van der Waals surface area contributed by atoms with E-state index in [1.165, 1.54) is 77.8 Å². The molecule has 2 N–H and O–H groups in total. The highest BCUT2D eigenvalue weighted by molar-refractivity contribution is 5.86. The minimum atomic E-state index is 0. The van der Waals surface area contributed by atoms with E-state index in [4.69, 9.17) is 10.5 Å². The van der Waals surface area contributed by atoms with Gasteiger partial charge in [0.2, 0.25) is 0 Å². The Morgan fingerprint density at radius 2 is 1.18 bits per heavy atom. The Balaban J connectivity index is 0. The molecule has 1 aliphatic heterocycles. The monoisotopic (exact) mass is 455 g/mol. The molecule has 1 aliphatic rings. The van der Waals surface area contributed by atoms with E-state index in [1.807, 2.05) is 30.3 Å². The normalized spacial score (nSPS) is 14.5. The van der Waals surface area contributed by atoms with Crippen molar-refractivity contribution in [2.24, 2.45) is 5.73 Å². The predicted molar refractivity (Wildman–Crippen MR) is 128 cm³/mol. The van der Waals surface area contributed by atoms with Gasteiger partial charge in [-0.3, -0.25) is 0 Å². The van der Waals surface area contributed by atoms with Gasteiger partial charge in [0.05, 0.1) is 6.61 Å². The molecule has 1 heterocycles. The molecule has 0 aliphatic carbocycles. The van der Waals surface area contributed by atoms with Gasteiger partial charge < -0.3 is 20.3 Å². The lowest BCUT2D eigenvalue weighted by atomic mass is 10.1. The van der Waals surface area contributed by atoms with E-state index in [0.29, 0.717) is 0 Å². The number of halogens is 3. The van der Waals surface area contributed by atoms with Gasteiger partial charge in [-0.2, -0.15) is 0 Å². The first-order valence-electron chi connectivity index (χ1n) is 10.2. The minimum absolute atomic E-state index is 0. The predicted octanol–water partition coefficient (Wildman–Crippen LogP) is 4.64. The molecule has 1 aromatic carbocycles. The molecule has 0 amide bonds. The molecule has 0 aromatic heterocycles. The third-order valence-electron chi connectivity index (χ3n) is 5.02. The average molecular weight is 457 g/mol. The van der Waals surface area contributed by atoms with Crippen LogP contribution < -0.4 is 10.5 Å².